The van der Waals surface area contributed by atoms with Crippen LogP contribution in [0.1, 0.15) is 16.1 Å². The maximum atomic E-state index is 5.29. The summed E-state index contributed by atoms with van der Waals surface area (Å²) in [6, 6.07) is 4.11. The molecule has 17 heavy (non-hydrogen) atoms. The van der Waals surface area contributed by atoms with E-state index in [4.69, 9.17) is 4.84 Å². The first kappa shape index (κ1) is 11.0. The van der Waals surface area contributed by atoms with E-state index in [-0.39, 0.29) is 0 Å². The summed E-state index contributed by atoms with van der Waals surface area (Å²) in [5.74, 6) is 0. The lowest BCUT2D eigenvalue weighted by Gasteiger charge is -1.99. The number of fused-ring (bicyclic) bond motifs is 3. The third-order valence-corrected chi connectivity index (χ3v) is 4.13. The highest BCUT2D eigenvalue weighted by Gasteiger charge is 2.28. The summed E-state index contributed by atoms with van der Waals surface area (Å²) in [6.07, 6.45) is 2.07. The van der Waals surface area contributed by atoms with Crippen molar-refractivity contribution in [3.63, 3.8) is 0 Å². The van der Waals surface area contributed by atoms with Crippen molar-refractivity contribution in [1.82, 2.24) is 4.57 Å². The standard InChI is InChI=1S/C12H11BrN2OS/c1-8-7-17-12-10(14-16-6-4-13)9-3-2-5-15(9)11(8)12/h2-3,5,7H,4,6H2,1H3. The minimum atomic E-state index is 0.587. The fraction of sp³-hybridized carbons (Fsp3) is 0.250. The molecule has 5 heteroatoms. The van der Waals surface area contributed by atoms with Gasteiger partial charge in [-0.1, -0.05) is 21.1 Å². The van der Waals surface area contributed by atoms with Crippen LogP contribution in [0.5, 0.6) is 0 Å². The van der Waals surface area contributed by atoms with E-state index in [0.29, 0.717) is 6.61 Å². The topological polar surface area (TPSA) is 26.5 Å². The van der Waals surface area contributed by atoms with Crippen molar-refractivity contribution in [2.45, 2.75) is 6.92 Å². The number of rotatable bonds is 3. The van der Waals surface area contributed by atoms with E-state index in [9.17, 15) is 0 Å². The molecule has 0 bridgehead atoms. The van der Waals surface area contributed by atoms with E-state index in [0.717, 1.165) is 16.7 Å². The molecule has 3 nitrogen and oxygen atoms in total. The van der Waals surface area contributed by atoms with Crippen LogP contribution in [0.25, 0.3) is 5.69 Å². The molecule has 0 radical (unpaired) electrons. The average molecular weight is 311 g/mol. The molecule has 0 amide bonds. The number of halogens is 1. The SMILES string of the molecule is Cc1csc2c1-n1cccc1C2=NOCCBr. The fourth-order valence-electron chi connectivity index (χ4n) is 2.02. The first-order chi connectivity index (χ1) is 8.33. The smallest absolute Gasteiger partial charge is 0.146 e. The third-order valence-electron chi connectivity index (χ3n) is 2.71. The lowest BCUT2D eigenvalue weighted by atomic mass is 10.2. The van der Waals surface area contributed by atoms with Gasteiger partial charge in [0.25, 0.3) is 0 Å². The lowest BCUT2D eigenvalue weighted by Crippen LogP contribution is -2.00. The number of hydrogen-bond acceptors (Lipinski definition) is 3. The van der Waals surface area contributed by atoms with Gasteiger partial charge in [-0.2, -0.15) is 0 Å². The summed E-state index contributed by atoms with van der Waals surface area (Å²) < 4.78 is 2.18. The molecule has 0 saturated carbocycles. The van der Waals surface area contributed by atoms with Crippen molar-refractivity contribution < 1.29 is 4.84 Å². The van der Waals surface area contributed by atoms with Crippen LogP contribution in [0.4, 0.5) is 0 Å². The molecule has 88 valence electrons. The van der Waals surface area contributed by atoms with Gasteiger partial charge in [0.2, 0.25) is 0 Å². The molecule has 1 aliphatic rings. The van der Waals surface area contributed by atoms with Gasteiger partial charge >= 0.3 is 0 Å². The van der Waals surface area contributed by atoms with E-state index < -0.39 is 0 Å². The summed E-state index contributed by atoms with van der Waals surface area (Å²) in [5, 5.41) is 7.21. The molecule has 0 saturated heterocycles. The van der Waals surface area contributed by atoms with Crippen LogP contribution in [0.2, 0.25) is 0 Å². The molecule has 0 fully saturated rings. The Labute approximate surface area is 112 Å². The van der Waals surface area contributed by atoms with E-state index in [2.05, 4.69) is 50.2 Å². The van der Waals surface area contributed by atoms with Gasteiger partial charge in [-0.15, -0.1) is 11.3 Å². The molecule has 0 atom stereocenters. The highest BCUT2D eigenvalue weighted by atomic mass is 79.9. The van der Waals surface area contributed by atoms with Crippen LogP contribution in [0, 0.1) is 6.92 Å². The number of aromatic nitrogens is 1. The Morgan fingerprint density at radius 2 is 2.41 bits per heavy atom. The molecule has 0 aliphatic carbocycles. The van der Waals surface area contributed by atoms with Crippen LogP contribution in [-0.4, -0.2) is 22.2 Å². The van der Waals surface area contributed by atoms with Crippen LogP contribution in [0.15, 0.2) is 28.9 Å². The molecule has 3 heterocycles. The van der Waals surface area contributed by atoms with Crippen LogP contribution < -0.4 is 0 Å². The quantitative estimate of drug-likeness (QED) is 0.414. The van der Waals surface area contributed by atoms with Crippen LogP contribution >= 0.6 is 27.3 Å². The highest BCUT2D eigenvalue weighted by Crippen LogP contribution is 2.35. The highest BCUT2D eigenvalue weighted by molar-refractivity contribution is 9.09. The number of thiophene rings is 1. The summed E-state index contributed by atoms with van der Waals surface area (Å²) >= 11 is 5.04. The van der Waals surface area contributed by atoms with Gasteiger partial charge in [0.1, 0.15) is 12.3 Å². The molecule has 0 N–H and O–H groups in total. The molecule has 1 aliphatic heterocycles. The third kappa shape index (κ3) is 1.65. The Bertz CT molecular complexity index is 585. The number of hydrogen-bond donors (Lipinski definition) is 0. The van der Waals surface area contributed by atoms with Gasteiger partial charge < -0.3 is 9.40 Å². The molecule has 2 aromatic heterocycles. The Morgan fingerprint density at radius 3 is 3.24 bits per heavy atom. The Hall–Kier alpha value is -1.07. The van der Waals surface area contributed by atoms with Crippen molar-refractivity contribution in [3.05, 3.63) is 39.8 Å². The van der Waals surface area contributed by atoms with Gasteiger partial charge in [0, 0.05) is 11.5 Å². The summed E-state index contributed by atoms with van der Waals surface area (Å²) in [5.41, 5.74) is 4.60. The van der Waals surface area contributed by atoms with Crippen LogP contribution in [0.3, 0.4) is 0 Å². The molecule has 3 rings (SSSR count). The molecular formula is C12H11BrN2OS. The van der Waals surface area contributed by atoms with Crippen molar-refractivity contribution >= 4 is 33.0 Å². The molecule has 0 spiro atoms. The zero-order chi connectivity index (χ0) is 11.8. The second-order valence-corrected chi connectivity index (χ2v) is 5.49. The van der Waals surface area contributed by atoms with Gasteiger partial charge in [0.15, 0.2) is 0 Å². The normalized spacial score (nSPS) is 15.1. The van der Waals surface area contributed by atoms with Crippen molar-refractivity contribution in [1.29, 1.82) is 0 Å². The predicted octanol–water partition coefficient (Wildman–Crippen LogP) is 3.32. The van der Waals surface area contributed by atoms with Crippen molar-refractivity contribution in [3.8, 4) is 5.69 Å². The second-order valence-electron chi connectivity index (χ2n) is 3.82. The molecule has 0 unspecified atom stereocenters. The lowest BCUT2D eigenvalue weighted by molar-refractivity contribution is 0.162. The first-order valence-corrected chi connectivity index (χ1v) is 7.35. The molecular weight excluding hydrogens is 300 g/mol. The largest absolute Gasteiger partial charge is 0.394 e. The Balaban J connectivity index is 2.09. The predicted molar refractivity (Wildman–Crippen MR) is 73.8 cm³/mol. The number of aryl methyl sites for hydroxylation is 1. The van der Waals surface area contributed by atoms with E-state index in [1.165, 1.54) is 16.1 Å². The number of nitrogens with zero attached hydrogens (tertiary/aromatic N) is 2. The number of oxime groups is 1. The fourth-order valence-corrected chi connectivity index (χ4v) is 3.20. The molecule has 2 aromatic rings. The average Bonchev–Trinajstić information content (AvgIpc) is 2.95. The van der Waals surface area contributed by atoms with E-state index in [1.54, 1.807) is 11.3 Å². The zero-order valence-electron chi connectivity index (χ0n) is 9.31. The van der Waals surface area contributed by atoms with E-state index in [1.807, 2.05) is 6.07 Å². The van der Waals surface area contributed by atoms with Crippen molar-refractivity contribution in [2.24, 2.45) is 5.16 Å². The van der Waals surface area contributed by atoms with Crippen molar-refractivity contribution in [2.75, 3.05) is 11.9 Å². The summed E-state index contributed by atoms with van der Waals surface area (Å²) in [4.78, 5) is 6.50. The number of alkyl halides is 1. The maximum Gasteiger partial charge on any atom is 0.146 e. The molecule has 0 aromatic carbocycles. The summed E-state index contributed by atoms with van der Waals surface area (Å²) in [7, 11) is 0. The van der Waals surface area contributed by atoms with Gasteiger partial charge in [0.05, 0.1) is 16.3 Å². The Kier molecular flexibility index (Phi) is 2.80. The second kappa shape index (κ2) is 4.31. The van der Waals surface area contributed by atoms with Crippen LogP contribution in [-0.2, 0) is 4.84 Å². The van der Waals surface area contributed by atoms with Gasteiger partial charge in [-0.3, -0.25) is 0 Å². The zero-order valence-corrected chi connectivity index (χ0v) is 11.7. The maximum absolute atomic E-state index is 5.29. The van der Waals surface area contributed by atoms with Gasteiger partial charge in [-0.25, -0.2) is 0 Å². The minimum Gasteiger partial charge on any atom is -0.394 e. The Morgan fingerprint density at radius 1 is 1.53 bits per heavy atom. The van der Waals surface area contributed by atoms with E-state index >= 15 is 0 Å². The monoisotopic (exact) mass is 310 g/mol. The minimum absolute atomic E-state index is 0.587. The summed E-state index contributed by atoms with van der Waals surface area (Å²) in [6.45, 7) is 2.71. The first-order valence-electron chi connectivity index (χ1n) is 5.35. The van der Waals surface area contributed by atoms with Gasteiger partial charge in [-0.05, 0) is 30.0 Å².